The number of anilines is 1. The van der Waals surface area contributed by atoms with Crippen LogP contribution in [0.4, 0.5) is 5.69 Å². The number of fused-ring (bicyclic) bond motifs is 1. The quantitative estimate of drug-likeness (QED) is 0.315. The van der Waals surface area contributed by atoms with E-state index in [1.54, 1.807) is 18.2 Å². The van der Waals surface area contributed by atoms with Gasteiger partial charge in [-0.1, -0.05) is 18.2 Å². The lowest BCUT2D eigenvalue weighted by Gasteiger charge is -2.35. The van der Waals surface area contributed by atoms with Crippen molar-refractivity contribution in [3.63, 3.8) is 0 Å². The van der Waals surface area contributed by atoms with Crippen molar-refractivity contribution in [2.24, 2.45) is 0 Å². The molecule has 10 nitrogen and oxygen atoms in total. The van der Waals surface area contributed by atoms with E-state index in [1.807, 2.05) is 18.2 Å². The predicted molar refractivity (Wildman–Crippen MR) is 151 cm³/mol. The average Bonchev–Trinajstić information content (AvgIpc) is 3.46. The zero-order chi connectivity index (χ0) is 28.4. The first kappa shape index (κ1) is 28.3. The number of nitriles is 1. The van der Waals surface area contributed by atoms with Crippen molar-refractivity contribution < 1.29 is 32.9 Å². The number of furan rings is 1. The minimum absolute atomic E-state index is 0.119. The minimum Gasteiger partial charge on any atom is -0.456 e. The molecule has 2 saturated heterocycles. The highest BCUT2D eigenvalue weighted by Gasteiger charge is 2.38. The van der Waals surface area contributed by atoms with Crippen LogP contribution in [0.2, 0.25) is 0 Å². The summed E-state index contributed by atoms with van der Waals surface area (Å²) in [5, 5.41) is 41.3. The first-order valence-corrected chi connectivity index (χ1v) is 14.8. The Bertz CT molecular complexity index is 1550. The molecule has 2 aliphatic heterocycles. The number of hydrogen-bond acceptors (Lipinski definition) is 9. The molecule has 1 unspecified atom stereocenters. The van der Waals surface area contributed by atoms with E-state index in [4.69, 9.17) is 9.15 Å². The number of ether oxygens (including phenoxy) is 1. The Morgan fingerprint density at radius 1 is 1.02 bits per heavy atom. The number of piperidine rings is 1. The molecule has 0 radical (unpaired) electrons. The Morgan fingerprint density at radius 2 is 1.75 bits per heavy atom. The van der Waals surface area contributed by atoms with E-state index in [2.05, 4.69) is 27.8 Å². The molecule has 11 heteroatoms. The SMILES string of the molecule is C/C(=C(/C#N)S(=O)(=O)NCC1OC[C@H](O)[C@@H](O)[C@@H]1O)c1ccc(-c2ccc3cc(N4CCCCC4)ccc3c2)o1. The molecule has 40 heavy (non-hydrogen) atoms. The Labute approximate surface area is 233 Å². The lowest BCUT2D eigenvalue weighted by Crippen LogP contribution is -2.56. The van der Waals surface area contributed by atoms with Crippen LogP contribution >= 0.6 is 0 Å². The van der Waals surface area contributed by atoms with Crippen LogP contribution in [0.15, 0.2) is 57.9 Å². The van der Waals surface area contributed by atoms with Crippen molar-refractivity contribution in [1.29, 1.82) is 5.26 Å². The molecule has 5 rings (SSSR count). The van der Waals surface area contributed by atoms with Gasteiger partial charge in [0.2, 0.25) is 0 Å². The maximum atomic E-state index is 13.0. The number of nitrogens with one attached hydrogen (secondary N) is 1. The van der Waals surface area contributed by atoms with Crippen molar-refractivity contribution in [1.82, 2.24) is 4.72 Å². The molecule has 2 aliphatic rings. The van der Waals surface area contributed by atoms with E-state index in [9.17, 15) is 29.0 Å². The normalized spacial score (nSPS) is 24.5. The van der Waals surface area contributed by atoms with Gasteiger partial charge in [0.25, 0.3) is 10.0 Å². The number of rotatable bonds is 7. The van der Waals surface area contributed by atoms with Crippen LogP contribution < -0.4 is 9.62 Å². The van der Waals surface area contributed by atoms with Crippen LogP contribution in [0.1, 0.15) is 31.9 Å². The van der Waals surface area contributed by atoms with Crippen LogP contribution in [-0.2, 0) is 14.8 Å². The number of benzene rings is 2. The van der Waals surface area contributed by atoms with Crippen molar-refractivity contribution in [3.05, 3.63) is 59.2 Å². The topological polar surface area (TPSA) is 156 Å². The van der Waals surface area contributed by atoms with Gasteiger partial charge in [0.15, 0.2) is 4.91 Å². The highest BCUT2D eigenvalue weighted by atomic mass is 32.2. The van der Waals surface area contributed by atoms with Gasteiger partial charge in [0.05, 0.1) is 12.7 Å². The van der Waals surface area contributed by atoms with Gasteiger partial charge in [-0.15, -0.1) is 0 Å². The van der Waals surface area contributed by atoms with Crippen LogP contribution in [0.3, 0.4) is 0 Å². The molecule has 0 amide bonds. The van der Waals surface area contributed by atoms with Gasteiger partial charge in [-0.3, -0.25) is 0 Å². The van der Waals surface area contributed by atoms with Crippen LogP contribution in [-0.4, -0.2) is 74.4 Å². The molecule has 212 valence electrons. The summed E-state index contributed by atoms with van der Waals surface area (Å²) in [5.74, 6) is 0.759. The standard InChI is InChI=1S/C29H33N3O7S/c1-18(27(15-30)40(36,37)31-16-26-29(35)28(34)23(33)17-38-26)24-9-10-25(39-24)21-6-5-20-14-22(8-7-19(20)13-21)32-11-3-2-4-12-32/h5-10,13-14,23,26,28-29,31,33-35H,2-4,11-12,16-17H2,1H3/b27-18+/t23-,26?,28+,29+/m0/s1. The zero-order valence-electron chi connectivity index (χ0n) is 22.2. The summed E-state index contributed by atoms with van der Waals surface area (Å²) < 4.78 is 39.4. The second-order valence-electron chi connectivity index (χ2n) is 10.3. The third-order valence-corrected chi connectivity index (χ3v) is 9.08. The monoisotopic (exact) mass is 567 g/mol. The molecule has 0 bridgehead atoms. The molecule has 1 aromatic heterocycles. The summed E-state index contributed by atoms with van der Waals surface area (Å²) >= 11 is 0. The maximum absolute atomic E-state index is 13.0. The molecule has 0 aliphatic carbocycles. The molecule has 0 spiro atoms. The summed E-state index contributed by atoms with van der Waals surface area (Å²) in [5.41, 5.74) is 2.16. The summed E-state index contributed by atoms with van der Waals surface area (Å²) in [4.78, 5) is 1.88. The van der Waals surface area contributed by atoms with Crippen molar-refractivity contribution >= 4 is 32.1 Å². The third-order valence-electron chi connectivity index (χ3n) is 7.60. The Hall–Kier alpha value is -3.24. The number of sulfonamides is 1. The lowest BCUT2D eigenvalue weighted by molar-refractivity contribution is -0.184. The highest BCUT2D eigenvalue weighted by Crippen LogP contribution is 2.32. The van der Waals surface area contributed by atoms with Gasteiger partial charge in [0.1, 0.15) is 35.9 Å². The molecule has 2 aromatic carbocycles. The van der Waals surface area contributed by atoms with Gasteiger partial charge in [-0.2, -0.15) is 5.26 Å². The zero-order valence-corrected chi connectivity index (χ0v) is 23.0. The van der Waals surface area contributed by atoms with Crippen molar-refractivity contribution in [2.75, 3.05) is 31.1 Å². The van der Waals surface area contributed by atoms with Gasteiger partial charge >= 0.3 is 0 Å². The molecule has 4 N–H and O–H groups in total. The van der Waals surface area contributed by atoms with Crippen LogP contribution in [0.5, 0.6) is 0 Å². The van der Waals surface area contributed by atoms with Crippen molar-refractivity contribution in [3.8, 4) is 17.4 Å². The lowest BCUT2D eigenvalue weighted by atomic mass is 10.0. The number of nitrogens with zero attached hydrogens (tertiary/aromatic N) is 2. The fourth-order valence-electron chi connectivity index (χ4n) is 5.20. The second kappa shape index (κ2) is 11.7. The average molecular weight is 568 g/mol. The van der Waals surface area contributed by atoms with Crippen LogP contribution in [0, 0.1) is 11.3 Å². The van der Waals surface area contributed by atoms with Crippen LogP contribution in [0.25, 0.3) is 27.7 Å². The van der Waals surface area contributed by atoms with E-state index >= 15 is 0 Å². The predicted octanol–water partition coefficient (Wildman–Crippen LogP) is 2.75. The van der Waals surface area contributed by atoms with E-state index in [0.717, 1.165) is 29.4 Å². The van der Waals surface area contributed by atoms with Gasteiger partial charge in [-0.05, 0) is 67.3 Å². The summed E-state index contributed by atoms with van der Waals surface area (Å²) in [6, 6.07) is 17.5. The van der Waals surface area contributed by atoms with E-state index in [0.29, 0.717) is 5.76 Å². The molecule has 0 saturated carbocycles. The summed E-state index contributed by atoms with van der Waals surface area (Å²) in [6.45, 7) is 2.98. The molecule has 2 fully saturated rings. The van der Waals surface area contributed by atoms with Gasteiger partial charge in [-0.25, -0.2) is 13.1 Å². The number of hydrogen-bond donors (Lipinski definition) is 4. The highest BCUT2D eigenvalue weighted by molar-refractivity contribution is 7.93. The van der Waals surface area contributed by atoms with E-state index in [-0.39, 0.29) is 17.9 Å². The minimum atomic E-state index is -4.30. The number of allylic oxidation sites excluding steroid dienone is 2. The molecule has 4 atom stereocenters. The van der Waals surface area contributed by atoms with Crippen molar-refractivity contribution in [2.45, 2.75) is 50.6 Å². The molecular weight excluding hydrogens is 534 g/mol. The number of aliphatic hydroxyl groups is 3. The van der Waals surface area contributed by atoms with Gasteiger partial charge in [0, 0.05) is 36.5 Å². The van der Waals surface area contributed by atoms with Gasteiger partial charge < -0.3 is 29.4 Å². The maximum Gasteiger partial charge on any atom is 0.251 e. The first-order valence-electron chi connectivity index (χ1n) is 13.3. The van der Waals surface area contributed by atoms with E-state index in [1.165, 1.54) is 31.9 Å². The second-order valence-corrected chi connectivity index (χ2v) is 12.0. The Balaban J connectivity index is 1.33. The molecule has 3 heterocycles. The fourth-order valence-corrected chi connectivity index (χ4v) is 6.35. The Morgan fingerprint density at radius 3 is 2.50 bits per heavy atom. The summed E-state index contributed by atoms with van der Waals surface area (Å²) in [6.07, 6.45) is -1.62. The fraction of sp³-hybridized carbons (Fsp3) is 0.414. The molecule has 3 aromatic rings. The largest absolute Gasteiger partial charge is 0.456 e. The third kappa shape index (κ3) is 5.78. The number of aliphatic hydroxyl groups excluding tert-OH is 3. The van der Waals surface area contributed by atoms with E-state index < -0.39 is 45.9 Å². The molecular formula is C29H33N3O7S. The summed E-state index contributed by atoms with van der Waals surface area (Å²) in [7, 11) is -4.30. The first-order chi connectivity index (χ1) is 19.2. The Kier molecular flexibility index (Phi) is 8.28. The smallest absolute Gasteiger partial charge is 0.251 e.